The first kappa shape index (κ1) is 19.5. The number of carbonyl (C=O) groups is 1. The number of hydrogen-bond donors (Lipinski definition) is 2. The molecule has 0 saturated carbocycles. The number of amides is 1. The van der Waals surface area contributed by atoms with Gasteiger partial charge in [-0.15, -0.1) is 0 Å². The number of H-pyrrole nitrogens is 1. The summed E-state index contributed by atoms with van der Waals surface area (Å²) in [5, 5.41) is 2.87. The van der Waals surface area contributed by atoms with E-state index >= 15 is 0 Å². The fourth-order valence-corrected chi connectivity index (χ4v) is 3.20. The van der Waals surface area contributed by atoms with Crippen LogP contribution in [0.15, 0.2) is 66.7 Å². The molecule has 1 amide bonds. The van der Waals surface area contributed by atoms with Crippen molar-refractivity contribution in [1.82, 2.24) is 9.97 Å². The van der Waals surface area contributed by atoms with Crippen molar-refractivity contribution in [3.8, 4) is 22.9 Å². The van der Waals surface area contributed by atoms with Crippen LogP contribution in [0, 0.1) is 0 Å². The molecule has 3 aromatic carbocycles. The van der Waals surface area contributed by atoms with Crippen LogP contribution in [0.2, 0.25) is 0 Å². The zero-order valence-corrected chi connectivity index (χ0v) is 16.9. The van der Waals surface area contributed by atoms with Gasteiger partial charge in [-0.05, 0) is 54.4 Å². The Balaban J connectivity index is 1.49. The number of methoxy groups -OCH3 is 1. The Labute approximate surface area is 174 Å². The number of hydrogen-bond acceptors (Lipinski definition) is 4. The topological polar surface area (TPSA) is 76.2 Å². The standard InChI is InChI=1S/C24H23N3O3/c1-3-16-8-11-18(12-9-16)30-15-23(28)25-21-14-17(10-13-22(21)29-2)24-26-19-6-4-5-7-20(19)27-24/h4-14H,3,15H2,1-2H3,(H,25,28)(H,26,27). The lowest BCUT2D eigenvalue weighted by Gasteiger charge is -2.12. The van der Waals surface area contributed by atoms with Gasteiger partial charge in [-0.1, -0.05) is 31.2 Å². The minimum atomic E-state index is -0.269. The predicted molar refractivity (Wildman–Crippen MR) is 118 cm³/mol. The largest absolute Gasteiger partial charge is 0.495 e. The van der Waals surface area contributed by atoms with Crippen LogP contribution in [-0.4, -0.2) is 29.6 Å². The third kappa shape index (κ3) is 4.27. The average Bonchev–Trinajstić information content (AvgIpc) is 3.22. The number of ether oxygens (including phenoxy) is 2. The minimum absolute atomic E-state index is 0.0938. The van der Waals surface area contributed by atoms with E-state index < -0.39 is 0 Å². The number of para-hydroxylation sites is 2. The van der Waals surface area contributed by atoms with E-state index in [1.54, 1.807) is 7.11 Å². The van der Waals surface area contributed by atoms with Gasteiger partial charge in [-0.3, -0.25) is 4.79 Å². The molecule has 30 heavy (non-hydrogen) atoms. The Morgan fingerprint density at radius 1 is 1.07 bits per heavy atom. The molecule has 0 spiro atoms. The van der Waals surface area contributed by atoms with Crippen molar-refractivity contribution < 1.29 is 14.3 Å². The Morgan fingerprint density at radius 2 is 1.87 bits per heavy atom. The van der Waals surface area contributed by atoms with Crippen molar-refractivity contribution in [3.05, 3.63) is 72.3 Å². The van der Waals surface area contributed by atoms with Crippen LogP contribution in [0.25, 0.3) is 22.4 Å². The molecule has 2 N–H and O–H groups in total. The summed E-state index contributed by atoms with van der Waals surface area (Å²) >= 11 is 0. The summed E-state index contributed by atoms with van der Waals surface area (Å²) in [4.78, 5) is 20.4. The monoisotopic (exact) mass is 401 g/mol. The molecule has 6 nitrogen and oxygen atoms in total. The van der Waals surface area contributed by atoms with E-state index in [1.807, 2.05) is 66.7 Å². The van der Waals surface area contributed by atoms with Crippen LogP contribution in [0.3, 0.4) is 0 Å². The van der Waals surface area contributed by atoms with Gasteiger partial charge in [0, 0.05) is 5.56 Å². The van der Waals surface area contributed by atoms with E-state index in [2.05, 4.69) is 22.2 Å². The highest BCUT2D eigenvalue weighted by atomic mass is 16.5. The first-order valence-corrected chi connectivity index (χ1v) is 9.81. The van der Waals surface area contributed by atoms with Crippen LogP contribution < -0.4 is 14.8 Å². The summed E-state index contributed by atoms with van der Waals surface area (Å²) in [6, 6.07) is 21.1. The van der Waals surface area contributed by atoms with Gasteiger partial charge in [0.05, 0.1) is 23.8 Å². The molecule has 0 unspecified atom stereocenters. The van der Waals surface area contributed by atoms with Gasteiger partial charge in [-0.2, -0.15) is 0 Å². The number of aromatic nitrogens is 2. The zero-order chi connectivity index (χ0) is 20.9. The molecule has 0 radical (unpaired) electrons. The summed E-state index contributed by atoms with van der Waals surface area (Å²) in [6.45, 7) is 2.00. The fourth-order valence-electron chi connectivity index (χ4n) is 3.20. The lowest BCUT2D eigenvalue weighted by Crippen LogP contribution is -2.20. The third-order valence-electron chi connectivity index (χ3n) is 4.84. The normalized spacial score (nSPS) is 10.7. The number of nitrogens with zero attached hydrogens (tertiary/aromatic N) is 1. The second-order valence-electron chi connectivity index (χ2n) is 6.85. The summed E-state index contributed by atoms with van der Waals surface area (Å²) in [5.41, 5.74) is 4.47. The van der Waals surface area contributed by atoms with Crippen LogP contribution in [-0.2, 0) is 11.2 Å². The Bertz CT molecular complexity index is 1130. The first-order chi connectivity index (χ1) is 14.7. The van der Waals surface area contributed by atoms with E-state index in [0.717, 1.165) is 28.8 Å². The Hall–Kier alpha value is -3.80. The van der Waals surface area contributed by atoms with Gasteiger partial charge in [0.15, 0.2) is 6.61 Å². The highest BCUT2D eigenvalue weighted by Gasteiger charge is 2.12. The molecule has 4 rings (SSSR count). The smallest absolute Gasteiger partial charge is 0.262 e. The number of fused-ring (bicyclic) bond motifs is 1. The number of aromatic amines is 1. The molecule has 152 valence electrons. The van der Waals surface area contributed by atoms with Crippen molar-refractivity contribution in [3.63, 3.8) is 0 Å². The molecule has 0 aliphatic rings. The highest BCUT2D eigenvalue weighted by Crippen LogP contribution is 2.30. The third-order valence-corrected chi connectivity index (χ3v) is 4.84. The van der Waals surface area contributed by atoms with Gasteiger partial charge in [0.1, 0.15) is 17.3 Å². The number of anilines is 1. The maximum atomic E-state index is 12.5. The highest BCUT2D eigenvalue weighted by molar-refractivity contribution is 5.94. The molecular weight excluding hydrogens is 378 g/mol. The van der Waals surface area contributed by atoms with Crippen molar-refractivity contribution in [2.24, 2.45) is 0 Å². The van der Waals surface area contributed by atoms with Gasteiger partial charge < -0.3 is 19.8 Å². The predicted octanol–water partition coefficient (Wildman–Crippen LogP) is 4.82. The molecule has 0 aliphatic carbocycles. The molecule has 0 saturated heterocycles. The molecule has 6 heteroatoms. The number of nitrogens with one attached hydrogen (secondary N) is 2. The SMILES string of the molecule is CCc1ccc(OCC(=O)Nc2cc(-c3nc4ccccc4[nH]3)ccc2OC)cc1. The van der Waals surface area contributed by atoms with Crippen molar-refractivity contribution in [1.29, 1.82) is 0 Å². The molecular formula is C24H23N3O3. The fraction of sp³-hybridized carbons (Fsp3) is 0.167. The second kappa shape index (κ2) is 8.69. The molecule has 0 fully saturated rings. The van der Waals surface area contributed by atoms with Crippen LogP contribution >= 0.6 is 0 Å². The molecule has 1 heterocycles. The van der Waals surface area contributed by atoms with Gasteiger partial charge in [0.25, 0.3) is 5.91 Å². The Morgan fingerprint density at radius 3 is 2.60 bits per heavy atom. The number of rotatable bonds is 7. The summed E-state index contributed by atoms with van der Waals surface area (Å²) in [7, 11) is 1.57. The van der Waals surface area contributed by atoms with E-state index in [-0.39, 0.29) is 12.5 Å². The zero-order valence-electron chi connectivity index (χ0n) is 16.9. The number of aryl methyl sites for hydroxylation is 1. The molecule has 0 bridgehead atoms. The second-order valence-corrected chi connectivity index (χ2v) is 6.85. The first-order valence-electron chi connectivity index (χ1n) is 9.81. The number of benzene rings is 3. The molecule has 0 aliphatic heterocycles. The Kier molecular flexibility index (Phi) is 5.66. The van der Waals surface area contributed by atoms with E-state index in [1.165, 1.54) is 5.56 Å². The maximum Gasteiger partial charge on any atom is 0.262 e. The van der Waals surface area contributed by atoms with Crippen LogP contribution in [0.1, 0.15) is 12.5 Å². The van der Waals surface area contributed by atoms with Gasteiger partial charge in [0.2, 0.25) is 0 Å². The molecule has 0 atom stereocenters. The average molecular weight is 401 g/mol. The summed E-state index contributed by atoms with van der Waals surface area (Å²) < 4.78 is 11.0. The van der Waals surface area contributed by atoms with Crippen LogP contribution in [0.4, 0.5) is 5.69 Å². The van der Waals surface area contributed by atoms with Gasteiger partial charge >= 0.3 is 0 Å². The summed E-state index contributed by atoms with van der Waals surface area (Å²) in [6.07, 6.45) is 0.960. The van der Waals surface area contributed by atoms with E-state index in [0.29, 0.717) is 17.2 Å². The number of imidazole rings is 1. The lowest BCUT2D eigenvalue weighted by atomic mass is 10.1. The lowest BCUT2D eigenvalue weighted by molar-refractivity contribution is -0.118. The van der Waals surface area contributed by atoms with Crippen molar-refractivity contribution >= 4 is 22.6 Å². The quantitative estimate of drug-likeness (QED) is 0.466. The summed E-state index contributed by atoms with van der Waals surface area (Å²) in [5.74, 6) is 1.68. The number of carbonyl (C=O) groups excluding carboxylic acids is 1. The minimum Gasteiger partial charge on any atom is -0.495 e. The van der Waals surface area contributed by atoms with Crippen molar-refractivity contribution in [2.45, 2.75) is 13.3 Å². The maximum absolute atomic E-state index is 12.5. The molecule has 4 aromatic rings. The van der Waals surface area contributed by atoms with Crippen molar-refractivity contribution in [2.75, 3.05) is 19.0 Å². The van der Waals surface area contributed by atoms with E-state index in [9.17, 15) is 4.79 Å². The van der Waals surface area contributed by atoms with Gasteiger partial charge in [-0.25, -0.2) is 4.98 Å². The van der Waals surface area contributed by atoms with Crippen LogP contribution in [0.5, 0.6) is 11.5 Å². The van der Waals surface area contributed by atoms with E-state index in [4.69, 9.17) is 9.47 Å². The molecule has 1 aromatic heterocycles.